The van der Waals surface area contributed by atoms with Crippen LogP contribution in [0, 0.1) is 0 Å². The molecule has 0 amide bonds. The lowest BCUT2D eigenvalue weighted by molar-refractivity contribution is 0.101. The Kier molecular flexibility index (Phi) is 4.07. The molecule has 0 radical (unpaired) electrons. The Hall–Kier alpha value is -1.00. The van der Waals surface area contributed by atoms with Gasteiger partial charge in [-0.2, -0.15) is 0 Å². The monoisotopic (exact) mass is 310 g/mol. The van der Waals surface area contributed by atoms with E-state index in [1.54, 1.807) is 24.9 Å². The molecule has 2 nitrogen and oxygen atoms in total. The van der Waals surface area contributed by atoms with Crippen LogP contribution in [0.5, 0.6) is 0 Å². The van der Waals surface area contributed by atoms with Crippen LogP contribution in [-0.2, 0) is 5.75 Å². The minimum atomic E-state index is 0.0689. The standard InChI is InChI=1S/C13H11BrO2S/c1-9(15)12-5-4-11(7-13(12)14)17-8-10-3-2-6-16-10/h2-7H,8H2,1H3. The number of thioether (sulfide) groups is 1. The van der Waals surface area contributed by atoms with Gasteiger partial charge in [0.1, 0.15) is 5.76 Å². The lowest BCUT2D eigenvalue weighted by Crippen LogP contribution is -1.93. The Morgan fingerprint density at radius 1 is 1.41 bits per heavy atom. The zero-order chi connectivity index (χ0) is 12.3. The van der Waals surface area contributed by atoms with Crippen molar-refractivity contribution in [3.63, 3.8) is 0 Å². The van der Waals surface area contributed by atoms with E-state index in [2.05, 4.69) is 15.9 Å². The van der Waals surface area contributed by atoms with E-state index in [4.69, 9.17) is 4.42 Å². The molecule has 0 N–H and O–H groups in total. The molecule has 0 fully saturated rings. The van der Waals surface area contributed by atoms with Gasteiger partial charge in [-0.15, -0.1) is 11.8 Å². The van der Waals surface area contributed by atoms with Gasteiger partial charge < -0.3 is 4.42 Å². The van der Waals surface area contributed by atoms with Crippen LogP contribution in [0.3, 0.4) is 0 Å². The van der Waals surface area contributed by atoms with Crippen molar-refractivity contribution in [1.82, 2.24) is 0 Å². The third-order valence-corrected chi connectivity index (χ3v) is 3.95. The summed E-state index contributed by atoms with van der Waals surface area (Å²) < 4.78 is 6.10. The molecule has 0 saturated carbocycles. The Morgan fingerprint density at radius 2 is 2.24 bits per heavy atom. The van der Waals surface area contributed by atoms with Crippen LogP contribution in [0.2, 0.25) is 0 Å². The van der Waals surface area contributed by atoms with E-state index in [1.807, 2.05) is 30.3 Å². The van der Waals surface area contributed by atoms with Gasteiger partial charge in [0.25, 0.3) is 0 Å². The van der Waals surface area contributed by atoms with Crippen LogP contribution in [0.15, 0.2) is 50.4 Å². The Morgan fingerprint density at radius 3 is 2.82 bits per heavy atom. The molecule has 2 aromatic rings. The summed E-state index contributed by atoms with van der Waals surface area (Å²) >= 11 is 5.09. The summed E-state index contributed by atoms with van der Waals surface area (Å²) in [6, 6.07) is 9.59. The van der Waals surface area contributed by atoms with Gasteiger partial charge in [-0.05, 0) is 37.3 Å². The van der Waals surface area contributed by atoms with E-state index in [0.717, 1.165) is 20.9 Å². The van der Waals surface area contributed by atoms with Crippen LogP contribution in [0.25, 0.3) is 0 Å². The van der Waals surface area contributed by atoms with Crippen molar-refractivity contribution in [2.45, 2.75) is 17.6 Å². The smallest absolute Gasteiger partial charge is 0.160 e. The molecular formula is C13H11BrO2S. The highest BCUT2D eigenvalue weighted by molar-refractivity contribution is 9.10. The van der Waals surface area contributed by atoms with Crippen molar-refractivity contribution in [1.29, 1.82) is 0 Å². The van der Waals surface area contributed by atoms with Gasteiger partial charge >= 0.3 is 0 Å². The van der Waals surface area contributed by atoms with E-state index in [1.165, 1.54) is 0 Å². The first-order valence-corrected chi connectivity index (χ1v) is 6.90. The van der Waals surface area contributed by atoms with Crippen LogP contribution >= 0.6 is 27.7 Å². The highest BCUT2D eigenvalue weighted by atomic mass is 79.9. The number of hydrogen-bond acceptors (Lipinski definition) is 3. The van der Waals surface area contributed by atoms with E-state index in [-0.39, 0.29) is 5.78 Å². The molecule has 1 aromatic heterocycles. The minimum absolute atomic E-state index is 0.0689. The number of carbonyl (C=O) groups excluding carboxylic acids is 1. The number of furan rings is 1. The van der Waals surface area contributed by atoms with Crippen molar-refractivity contribution < 1.29 is 9.21 Å². The average molecular weight is 311 g/mol. The molecule has 1 heterocycles. The number of benzene rings is 1. The molecule has 0 atom stereocenters. The minimum Gasteiger partial charge on any atom is -0.468 e. The molecule has 0 spiro atoms. The Balaban J connectivity index is 2.07. The van der Waals surface area contributed by atoms with E-state index >= 15 is 0 Å². The number of halogens is 1. The molecule has 0 saturated heterocycles. The molecule has 17 heavy (non-hydrogen) atoms. The van der Waals surface area contributed by atoms with Crippen molar-refractivity contribution in [2.75, 3.05) is 0 Å². The lowest BCUT2D eigenvalue weighted by Gasteiger charge is -2.04. The fraction of sp³-hybridized carbons (Fsp3) is 0.154. The summed E-state index contributed by atoms with van der Waals surface area (Å²) in [5.74, 6) is 1.81. The van der Waals surface area contributed by atoms with Crippen molar-refractivity contribution in [3.05, 3.63) is 52.4 Å². The lowest BCUT2D eigenvalue weighted by atomic mass is 10.2. The molecule has 0 aliphatic rings. The van der Waals surface area contributed by atoms with E-state index < -0.39 is 0 Å². The zero-order valence-corrected chi connectivity index (χ0v) is 11.7. The van der Waals surface area contributed by atoms with Crippen molar-refractivity contribution >= 4 is 33.5 Å². The molecule has 0 unspecified atom stereocenters. The SMILES string of the molecule is CC(=O)c1ccc(SCc2ccco2)cc1Br. The number of ketones is 1. The highest BCUT2D eigenvalue weighted by Gasteiger charge is 2.06. The maximum absolute atomic E-state index is 11.3. The largest absolute Gasteiger partial charge is 0.468 e. The summed E-state index contributed by atoms with van der Waals surface area (Å²) in [7, 11) is 0. The first-order valence-electron chi connectivity index (χ1n) is 5.12. The van der Waals surface area contributed by atoms with Crippen LogP contribution in [-0.4, -0.2) is 5.78 Å². The third-order valence-electron chi connectivity index (χ3n) is 2.28. The Labute approximate surface area is 113 Å². The highest BCUT2D eigenvalue weighted by Crippen LogP contribution is 2.28. The zero-order valence-electron chi connectivity index (χ0n) is 9.27. The number of rotatable bonds is 4. The van der Waals surface area contributed by atoms with Gasteiger partial charge in [-0.25, -0.2) is 0 Å². The van der Waals surface area contributed by atoms with Gasteiger partial charge in [0.05, 0.1) is 12.0 Å². The second kappa shape index (κ2) is 5.56. The molecule has 0 bridgehead atoms. The molecular weight excluding hydrogens is 300 g/mol. The fourth-order valence-corrected chi connectivity index (χ4v) is 3.07. The molecule has 4 heteroatoms. The Bertz CT molecular complexity index is 520. The molecule has 1 aromatic carbocycles. The summed E-state index contributed by atoms with van der Waals surface area (Å²) in [4.78, 5) is 12.4. The number of hydrogen-bond donors (Lipinski definition) is 0. The van der Waals surface area contributed by atoms with Gasteiger partial charge in [0.15, 0.2) is 5.78 Å². The van der Waals surface area contributed by atoms with Crippen LogP contribution in [0.4, 0.5) is 0 Å². The number of Topliss-reactive ketones (excluding diaryl/α,β-unsaturated/α-hetero) is 1. The summed E-state index contributed by atoms with van der Waals surface area (Å²) in [5.41, 5.74) is 0.715. The normalized spacial score (nSPS) is 10.5. The van der Waals surface area contributed by atoms with Gasteiger partial charge in [-0.3, -0.25) is 4.79 Å². The third kappa shape index (κ3) is 3.23. The second-order valence-electron chi connectivity index (χ2n) is 3.57. The van der Waals surface area contributed by atoms with Crippen molar-refractivity contribution in [3.8, 4) is 0 Å². The van der Waals surface area contributed by atoms with Crippen LogP contribution < -0.4 is 0 Å². The van der Waals surface area contributed by atoms with Gasteiger partial charge in [0, 0.05) is 14.9 Å². The van der Waals surface area contributed by atoms with Crippen LogP contribution in [0.1, 0.15) is 23.0 Å². The van der Waals surface area contributed by atoms with Crippen molar-refractivity contribution in [2.24, 2.45) is 0 Å². The van der Waals surface area contributed by atoms with Gasteiger partial charge in [-0.1, -0.05) is 15.9 Å². The quantitative estimate of drug-likeness (QED) is 0.613. The first kappa shape index (κ1) is 12.5. The maximum atomic E-state index is 11.3. The predicted octanol–water partition coefficient (Wildman–Crippen LogP) is 4.54. The second-order valence-corrected chi connectivity index (χ2v) is 5.47. The predicted molar refractivity (Wildman–Crippen MR) is 72.4 cm³/mol. The number of carbonyl (C=O) groups is 1. The topological polar surface area (TPSA) is 30.2 Å². The fourth-order valence-electron chi connectivity index (χ4n) is 1.42. The average Bonchev–Trinajstić information content (AvgIpc) is 2.78. The van der Waals surface area contributed by atoms with E-state index in [0.29, 0.717) is 5.56 Å². The van der Waals surface area contributed by atoms with Gasteiger partial charge in [0.2, 0.25) is 0 Å². The molecule has 0 aliphatic heterocycles. The summed E-state index contributed by atoms with van der Waals surface area (Å²) in [6.45, 7) is 1.57. The molecule has 88 valence electrons. The molecule has 2 rings (SSSR count). The summed E-state index contributed by atoms with van der Waals surface area (Å²) in [6.07, 6.45) is 1.67. The van der Waals surface area contributed by atoms with E-state index in [9.17, 15) is 4.79 Å². The molecule has 0 aliphatic carbocycles. The first-order chi connectivity index (χ1) is 8.16. The maximum Gasteiger partial charge on any atom is 0.160 e. The summed E-state index contributed by atoms with van der Waals surface area (Å²) in [5, 5.41) is 0.